The van der Waals surface area contributed by atoms with Gasteiger partial charge in [0.1, 0.15) is 0 Å². The zero-order chi connectivity index (χ0) is 16.3. The van der Waals surface area contributed by atoms with E-state index < -0.39 is 11.7 Å². The molecule has 2 aromatic rings. The van der Waals surface area contributed by atoms with Crippen LogP contribution in [0.1, 0.15) is 5.56 Å². The summed E-state index contributed by atoms with van der Waals surface area (Å²) in [5.74, 6) is 1.81. The van der Waals surface area contributed by atoms with Crippen molar-refractivity contribution in [2.45, 2.75) is 11.3 Å². The maximum absolute atomic E-state index is 12.8. The van der Waals surface area contributed by atoms with Gasteiger partial charge >= 0.3 is 6.18 Å². The first-order valence-corrected chi connectivity index (χ1v) is 7.13. The third-order valence-electron chi connectivity index (χ3n) is 2.48. The normalized spacial score (nSPS) is 11.4. The monoisotopic (exact) mass is 348 g/mol. The zero-order valence-corrected chi connectivity index (χ0v) is 12.4. The van der Waals surface area contributed by atoms with Crippen LogP contribution in [0.4, 0.5) is 13.2 Å². The Hall–Kier alpha value is -1.92. The molecule has 2 rings (SSSR count). The van der Waals surface area contributed by atoms with E-state index >= 15 is 0 Å². The molecule has 0 aliphatic carbocycles. The number of carbonyl (C=O) groups is 1. The second-order valence-electron chi connectivity index (χ2n) is 4.02. The molecule has 0 unspecified atom stereocenters. The van der Waals surface area contributed by atoms with E-state index in [-0.39, 0.29) is 34.0 Å². The van der Waals surface area contributed by atoms with E-state index in [2.05, 4.69) is 21.4 Å². The number of nitrogens with one attached hydrogen (secondary N) is 1. The highest BCUT2D eigenvalue weighted by atomic mass is 35.5. The number of halogens is 4. The van der Waals surface area contributed by atoms with Crippen molar-refractivity contribution in [3.8, 4) is 12.3 Å². The molecule has 0 aromatic carbocycles. The van der Waals surface area contributed by atoms with E-state index in [4.69, 9.17) is 18.0 Å². The van der Waals surface area contributed by atoms with Gasteiger partial charge < -0.3 is 5.32 Å². The van der Waals surface area contributed by atoms with Crippen molar-refractivity contribution in [3.63, 3.8) is 0 Å². The van der Waals surface area contributed by atoms with Crippen molar-refractivity contribution < 1.29 is 18.0 Å². The molecule has 0 spiro atoms. The summed E-state index contributed by atoms with van der Waals surface area (Å²) in [5.41, 5.74) is -0.843. The molecule has 2 heterocycles. The first kappa shape index (κ1) is 16.5. The maximum Gasteiger partial charge on any atom is 0.417 e. The Labute approximate surface area is 132 Å². The molecule has 0 fully saturated rings. The van der Waals surface area contributed by atoms with Crippen molar-refractivity contribution in [3.05, 3.63) is 22.8 Å². The summed E-state index contributed by atoms with van der Waals surface area (Å²) < 4.78 is 39.5. The van der Waals surface area contributed by atoms with Crippen LogP contribution in [0.3, 0.4) is 0 Å². The van der Waals surface area contributed by atoms with Gasteiger partial charge in [0.15, 0.2) is 10.8 Å². The summed E-state index contributed by atoms with van der Waals surface area (Å²) in [6, 6.07) is 0.777. The number of rotatable bonds is 4. The molecule has 5 nitrogen and oxygen atoms in total. The molecule has 116 valence electrons. The summed E-state index contributed by atoms with van der Waals surface area (Å²) in [6.07, 6.45) is 1.29. The van der Waals surface area contributed by atoms with Crippen LogP contribution in [0.25, 0.3) is 5.65 Å². The van der Waals surface area contributed by atoms with Crippen LogP contribution >= 0.6 is 23.4 Å². The predicted octanol–water partition coefficient (Wildman–Crippen LogP) is 2.24. The Morgan fingerprint density at radius 3 is 2.86 bits per heavy atom. The van der Waals surface area contributed by atoms with Gasteiger partial charge in [0.05, 0.1) is 22.9 Å². The van der Waals surface area contributed by atoms with E-state index in [0.717, 1.165) is 28.4 Å². The number of carbonyl (C=O) groups excluding carboxylic acids is 1. The van der Waals surface area contributed by atoms with E-state index in [9.17, 15) is 18.0 Å². The fraction of sp³-hybridized carbons (Fsp3) is 0.250. The van der Waals surface area contributed by atoms with Crippen LogP contribution < -0.4 is 5.32 Å². The van der Waals surface area contributed by atoms with Gasteiger partial charge in [0, 0.05) is 6.20 Å². The summed E-state index contributed by atoms with van der Waals surface area (Å²) in [6.45, 7) is 0.0734. The van der Waals surface area contributed by atoms with Gasteiger partial charge in [-0.1, -0.05) is 29.3 Å². The predicted molar refractivity (Wildman–Crippen MR) is 75.6 cm³/mol. The zero-order valence-electron chi connectivity index (χ0n) is 10.8. The minimum Gasteiger partial charge on any atom is -0.344 e. The van der Waals surface area contributed by atoms with Crippen LogP contribution in [0.15, 0.2) is 17.4 Å². The van der Waals surface area contributed by atoms with E-state index in [0.29, 0.717) is 0 Å². The molecule has 1 amide bonds. The highest BCUT2D eigenvalue weighted by Crippen LogP contribution is 2.33. The number of amides is 1. The van der Waals surface area contributed by atoms with Crippen LogP contribution in [-0.4, -0.2) is 32.8 Å². The minimum absolute atomic E-state index is 0.0592. The van der Waals surface area contributed by atoms with Crippen LogP contribution in [-0.2, 0) is 11.0 Å². The van der Waals surface area contributed by atoms with Crippen molar-refractivity contribution >= 4 is 34.9 Å². The highest BCUT2D eigenvalue weighted by Gasteiger charge is 2.32. The molecule has 0 aliphatic heterocycles. The largest absolute Gasteiger partial charge is 0.417 e. The molecular formula is C12H8ClF3N4OS. The van der Waals surface area contributed by atoms with Gasteiger partial charge in [0.25, 0.3) is 0 Å². The smallest absolute Gasteiger partial charge is 0.344 e. The molecule has 0 aliphatic rings. The average molecular weight is 349 g/mol. The Balaban J connectivity index is 2.26. The van der Waals surface area contributed by atoms with Gasteiger partial charge in [-0.3, -0.25) is 9.20 Å². The third-order valence-corrected chi connectivity index (χ3v) is 3.70. The standard InChI is InChI=1S/C12H8ClF3N4OS/c1-2-3-17-9(21)6-22-11-19-18-10-8(13)4-7(5-20(10)11)12(14,15)16/h1,4-5H,3,6H2,(H,17,21). The number of nitrogens with zero attached hydrogens (tertiary/aromatic N) is 3. The van der Waals surface area contributed by atoms with E-state index in [1.165, 1.54) is 0 Å². The van der Waals surface area contributed by atoms with Crippen molar-refractivity contribution in [2.24, 2.45) is 0 Å². The van der Waals surface area contributed by atoms with Gasteiger partial charge in [-0.15, -0.1) is 16.6 Å². The van der Waals surface area contributed by atoms with Crippen molar-refractivity contribution in [2.75, 3.05) is 12.3 Å². The number of thioether (sulfide) groups is 1. The number of alkyl halides is 3. The molecule has 0 atom stereocenters. The Morgan fingerprint density at radius 1 is 1.50 bits per heavy atom. The second-order valence-corrected chi connectivity index (χ2v) is 5.37. The van der Waals surface area contributed by atoms with E-state index in [1.807, 2.05) is 0 Å². The summed E-state index contributed by atoms with van der Waals surface area (Å²) >= 11 is 6.70. The second kappa shape index (κ2) is 6.46. The molecule has 0 saturated heterocycles. The summed E-state index contributed by atoms with van der Waals surface area (Å²) in [7, 11) is 0. The molecule has 0 radical (unpaired) electrons. The van der Waals surface area contributed by atoms with Gasteiger partial charge in [0.2, 0.25) is 5.91 Å². The first-order chi connectivity index (χ1) is 10.3. The molecule has 22 heavy (non-hydrogen) atoms. The van der Waals surface area contributed by atoms with Crippen LogP contribution in [0.2, 0.25) is 5.02 Å². The number of aromatic nitrogens is 3. The van der Waals surface area contributed by atoms with Crippen molar-refractivity contribution in [1.82, 2.24) is 19.9 Å². The van der Waals surface area contributed by atoms with Crippen LogP contribution in [0.5, 0.6) is 0 Å². The van der Waals surface area contributed by atoms with Gasteiger partial charge in [-0.25, -0.2) is 0 Å². The summed E-state index contributed by atoms with van der Waals surface area (Å²) in [4.78, 5) is 11.4. The molecule has 1 N–H and O–H groups in total. The number of terminal acetylenes is 1. The van der Waals surface area contributed by atoms with E-state index in [1.54, 1.807) is 0 Å². The molecule has 0 saturated carbocycles. The number of pyridine rings is 1. The van der Waals surface area contributed by atoms with Crippen LogP contribution in [0, 0.1) is 12.3 Å². The number of fused-ring (bicyclic) bond motifs is 1. The lowest BCUT2D eigenvalue weighted by molar-refractivity contribution is -0.137. The fourth-order valence-electron chi connectivity index (χ4n) is 1.52. The fourth-order valence-corrected chi connectivity index (χ4v) is 2.50. The number of hydrogen-bond donors (Lipinski definition) is 1. The minimum atomic E-state index is -4.55. The Bertz CT molecular complexity index is 753. The molecular weight excluding hydrogens is 341 g/mol. The average Bonchev–Trinajstić information content (AvgIpc) is 2.85. The quantitative estimate of drug-likeness (QED) is 0.680. The lowest BCUT2D eigenvalue weighted by Crippen LogP contribution is -2.25. The van der Waals surface area contributed by atoms with Gasteiger partial charge in [-0.05, 0) is 6.07 Å². The number of hydrogen-bond acceptors (Lipinski definition) is 4. The molecule has 2 aromatic heterocycles. The topological polar surface area (TPSA) is 59.3 Å². The maximum atomic E-state index is 12.8. The van der Waals surface area contributed by atoms with Gasteiger partial charge in [-0.2, -0.15) is 13.2 Å². The Morgan fingerprint density at radius 2 is 2.23 bits per heavy atom. The summed E-state index contributed by atoms with van der Waals surface area (Å²) in [5, 5.41) is 9.82. The molecule has 0 bridgehead atoms. The first-order valence-electron chi connectivity index (χ1n) is 5.77. The SMILES string of the molecule is C#CCNC(=O)CSc1nnc2c(Cl)cc(C(F)(F)F)cn12. The lowest BCUT2D eigenvalue weighted by Gasteiger charge is -2.08. The third kappa shape index (κ3) is 3.64. The molecule has 10 heteroatoms. The van der Waals surface area contributed by atoms with Crippen molar-refractivity contribution in [1.29, 1.82) is 0 Å². The Kier molecular flexibility index (Phi) is 4.83. The lowest BCUT2D eigenvalue weighted by atomic mass is 10.3. The highest BCUT2D eigenvalue weighted by molar-refractivity contribution is 7.99.